The van der Waals surface area contributed by atoms with Crippen LogP contribution in [-0.2, 0) is 5.41 Å². The van der Waals surface area contributed by atoms with E-state index in [1.165, 1.54) is 5.56 Å². The largest absolute Gasteiger partial charge is 0.493 e. The first-order valence-corrected chi connectivity index (χ1v) is 9.60. The average molecular weight is 375 g/mol. The Kier molecular flexibility index (Phi) is 4.67. The first-order chi connectivity index (χ1) is 13.4. The zero-order chi connectivity index (χ0) is 19.7. The second-order valence-electron chi connectivity index (χ2n) is 8.17. The van der Waals surface area contributed by atoms with Crippen molar-refractivity contribution < 1.29 is 9.53 Å². The molecule has 2 amide bonds. The van der Waals surface area contributed by atoms with Crippen LogP contribution in [0.1, 0.15) is 44.4 Å². The van der Waals surface area contributed by atoms with E-state index < -0.39 is 0 Å². The van der Waals surface area contributed by atoms with Gasteiger partial charge in [-0.1, -0.05) is 51.1 Å². The Labute approximate surface area is 165 Å². The van der Waals surface area contributed by atoms with Crippen LogP contribution in [-0.4, -0.2) is 17.6 Å². The van der Waals surface area contributed by atoms with Crippen LogP contribution in [0, 0.1) is 0 Å². The summed E-state index contributed by atoms with van der Waals surface area (Å²) in [6.45, 7) is 7.12. The van der Waals surface area contributed by atoms with Crippen molar-refractivity contribution in [3.05, 3.63) is 65.9 Å². The van der Waals surface area contributed by atoms with Crippen LogP contribution >= 0.6 is 0 Å². The average Bonchev–Trinajstić information content (AvgIpc) is 2.67. The predicted molar refractivity (Wildman–Crippen MR) is 112 cm³/mol. The van der Waals surface area contributed by atoms with E-state index >= 15 is 0 Å². The molecule has 0 saturated carbocycles. The number of para-hydroxylation sites is 1. The van der Waals surface area contributed by atoms with E-state index in [1.807, 2.05) is 30.3 Å². The lowest BCUT2D eigenvalue weighted by Gasteiger charge is -2.29. The van der Waals surface area contributed by atoms with Crippen molar-refractivity contribution >= 4 is 22.6 Å². The molecule has 2 N–H and O–H groups in total. The van der Waals surface area contributed by atoms with Gasteiger partial charge in [0.15, 0.2) is 0 Å². The van der Waals surface area contributed by atoms with Crippen molar-refractivity contribution in [1.82, 2.24) is 10.3 Å². The summed E-state index contributed by atoms with van der Waals surface area (Å²) in [5.41, 5.74) is 3.77. The van der Waals surface area contributed by atoms with Crippen molar-refractivity contribution in [2.75, 3.05) is 11.9 Å². The summed E-state index contributed by atoms with van der Waals surface area (Å²) in [4.78, 5) is 17.1. The highest BCUT2D eigenvalue weighted by Crippen LogP contribution is 2.36. The summed E-state index contributed by atoms with van der Waals surface area (Å²) in [5, 5.41) is 7.03. The molecule has 3 aromatic rings. The molecule has 2 aromatic carbocycles. The number of amides is 2. The van der Waals surface area contributed by atoms with Gasteiger partial charge in [-0.15, -0.1) is 0 Å². The van der Waals surface area contributed by atoms with Crippen LogP contribution in [0.3, 0.4) is 0 Å². The van der Waals surface area contributed by atoms with Crippen LogP contribution in [0.15, 0.2) is 54.7 Å². The molecule has 1 aliphatic heterocycles. The first-order valence-electron chi connectivity index (χ1n) is 9.60. The fraction of sp³-hybridized carbons (Fsp3) is 0.304. The molecule has 2 heterocycles. The van der Waals surface area contributed by atoms with E-state index in [0.717, 1.165) is 28.6 Å². The number of rotatable bonds is 2. The summed E-state index contributed by atoms with van der Waals surface area (Å²) in [5.74, 6) is 0.857. The summed E-state index contributed by atoms with van der Waals surface area (Å²) >= 11 is 0. The van der Waals surface area contributed by atoms with Crippen molar-refractivity contribution in [3.63, 3.8) is 0 Å². The molecule has 0 fully saturated rings. The molecule has 5 nitrogen and oxygen atoms in total. The van der Waals surface area contributed by atoms with Crippen LogP contribution in [0.4, 0.5) is 10.5 Å². The van der Waals surface area contributed by atoms with Gasteiger partial charge in [-0.2, -0.15) is 0 Å². The molecule has 1 unspecified atom stereocenters. The maximum atomic E-state index is 12.7. The van der Waals surface area contributed by atoms with E-state index in [4.69, 9.17) is 4.74 Å². The lowest BCUT2D eigenvalue weighted by molar-refractivity contribution is 0.232. The summed E-state index contributed by atoms with van der Waals surface area (Å²) in [7, 11) is 0. The normalized spacial score (nSPS) is 16.2. The van der Waals surface area contributed by atoms with Crippen LogP contribution < -0.4 is 15.4 Å². The molecule has 1 aromatic heterocycles. The fourth-order valence-corrected chi connectivity index (χ4v) is 3.53. The highest BCUT2D eigenvalue weighted by molar-refractivity contribution is 5.99. The van der Waals surface area contributed by atoms with Crippen LogP contribution in [0.25, 0.3) is 10.9 Å². The Morgan fingerprint density at radius 3 is 2.79 bits per heavy atom. The van der Waals surface area contributed by atoms with Gasteiger partial charge in [0, 0.05) is 23.6 Å². The molecule has 1 atom stereocenters. The van der Waals surface area contributed by atoms with Gasteiger partial charge < -0.3 is 15.4 Å². The quantitative estimate of drug-likeness (QED) is 0.649. The molecule has 0 aliphatic carbocycles. The predicted octanol–water partition coefficient (Wildman–Crippen LogP) is 5.18. The number of nitrogens with zero attached hydrogens (tertiary/aromatic N) is 1. The van der Waals surface area contributed by atoms with Crippen molar-refractivity contribution in [2.24, 2.45) is 0 Å². The molecule has 1 aliphatic rings. The standard InChI is InChI=1S/C23H25N3O2/c1-23(2,3)16-9-10-17-18(11-13-28-20(17)14-16)25-22(27)26-19-8-4-6-15-7-5-12-24-21(15)19/h4-10,12,14,18H,11,13H2,1-3H3,(H2,25,26,27). The summed E-state index contributed by atoms with van der Waals surface area (Å²) < 4.78 is 5.87. The number of anilines is 1. The molecule has 28 heavy (non-hydrogen) atoms. The summed E-state index contributed by atoms with van der Waals surface area (Å²) in [6.07, 6.45) is 2.47. The zero-order valence-electron chi connectivity index (χ0n) is 16.5. The van der Waals surface area contributed by atoms with E-state index in [-0.39, 0.29) is 17.5 Å². The third kappa shape index (κ3) is 3.65. The number of benzene rings is 2. The molecular weight excluding hydrogens is 350 g/mol. The molecular formula is C23H25N3O2. The number of ether oxygens (including phenoxy) is 1. The van der Waals surface area contributed by atoms with Crippen molar-refractivity contribution in [1.29, 1.82) is 0 Å². The molecule has 0 bridgehead atoms. The molecule has 144 valence electrons. The number of nitrogens with one attached hydrogen (secondary N) is 2. The Bertz CT molecular complexity index is 1020. The molecule has 0 saturated heterocycles. The molecule has 0 radical (unpaired) electrons. The Hall–Kier alpha value is -3.08. The second-order valence-corrected chi connectivity index (χ2v) is 8.17. The van der Waals surface area contributed by atoms with Gasteiger partial charge in [0.05, 0.1) is 23.9 Å². The van der Waals surface area contributed by atoms with Gasteiger partial charge in [-0.25, -0.2) is 4.79 Å². The van der Waals surface area contributed by atoms with Crippen molar-refractivity contribution in [2.45, 2.75) is 38.6 Å². The minimum absolute atomic E-state index is 0.0531. The van der Waals surface area contributed by atoms with E-state index in [1.54, 1.807) is 6.20 Å². The molecule has 4 rings (SSSR count). The number of urea groups is 1. The number of aromatic nitrogens is 1. The highest BCUT2D eigenvalue weighted by atomic mass is 16.5. The van der Waals surface area contributed by atoms with Gasteiger partial charge >= 0.3 is 6.03 Å². The fourth-order valence-electron chi connectivity index (χ4n) is 3.53. The number of carbonyl (C=O) groups excluding carboxylic acids is 1. The SMILES string of the molecule is CC(C)(C)c1ccc2c(c1)OCCC2NC(=O)Nc1cccc2cccnc12. The Morgan fingerprint density at radius 2 is 1.96 bits per heavy atom. The van der Waals surface area contributed by atoms with Crippen LogP contribution in [0.5, 0.6) is 5.75 Å². The Balaban J connectivity index is 1.53. The maximum Gasteiger partial charge on any atom is 0.319 e. The Morgan fingerprint density at radius 1 is 1.14 bits per heavy atom. The number of carbonyl (C=O) groups is 1. The molecule has 0 spiro atoms. The van der Waals surface area contributed by atoms with E-state index in [9.17, 15) is 4.79 Å². The van der Waals surface area contributed by atoms with E-state index in [2.05, 4.69) is 54.6 Å². The number of fused-ring (bicyclic) bond motifs is 2. The number of pyridine rings is 1. The minimum Gasteiger partial charge on any atom is -0.493 e. The maximum absolute atomic E-state index is 12.7. The smallest absolute Gasteiger partial charge is 0.319 e. The summed E-state index contributed by atoms with van der Waals surface area (Å²) in [6, 6.07) is 15.6. The number of hydrogen-bond donors (Lipinski definition) is 2. The zero-order valence-corrected chi connectivity index (χ0v) is 16.5. The van der Waals surface area contributed by atoms with Crippen LogP contribution in [0.2, 0.25) is 0 Å². The second kappa shape index (κ2) is 7.15. The van der Waals surface area contributed by atoms with Gasteiger partial charge in [-0.3, -0.25) is 4.98 Å². The first kappa shape index (κ1) is 18.3. The van der Waals surface area contributed by atoms with Crippen molar-refractivity contribution in [3.8, 4) is 5.75 Å². The lowest BCUT2D eigenvalue weighted by atomic mass is 9.85. The van der Waals surface area contributed by atoms with Gasteiger partial charge in [0.2, 0.25) is 0 Å². The van der Waals surface area contributed by atoms with E-state index in [0.29, 0.717) is 12.3 Å². The monoisotopic (exact) mass is 375 g/mol. The number of hydrogen-bond acceptors (Lipinski definition) is 3. The molecule has 5 heteroatoms. The highest BCUT2D eigenvalue weighted by Gasteiger charge is 2.25. The third-order valence-corrected chi connectivity index (χ3v) is 5.11. The van der Waals surface area contributed by atoms with Gasteiger partial charge in [0.1, 0.15) is 5.75 Å². The third-order valence-electron chi connectivity index (χ3n) is 5.11. The minimum atomic E-state index is -0.240. The lowest BCUT2D eigenvalue weighted by Crippen LogP contribution is -2.35. The van der Waals surface area contributed by atoms with Gasteiger partial charge in [-0.05, 0) is 29.2 Å². The van der Waals surface area contributed by atoms with Gasteiger partial charge in [0.25, 0.3) is 0 Å². The topological polar surface area (TPSA) is 63.2 Å².